The molecule has 0 rings (SSSR count). The Kier molecular flexibility index (Phi) is 16.9. The molecule has 0 aliphatic heterocycles. The Morgan fingerprint density at radius 3 is 1.42 bits per heavy atom. The van der Waals surface area contributed by atoms with Crippen molar-refractivity contribution >= 4 is 5.97 Å². The summed E-state index contributed by atoms with van der Waals surface area (Å²) in [6, 6.07) is 0. The molecule has 0 saturated carbocycles. The van der Waals surface area contributed by atoms with Crippen LogP contribution in [0.3, 0.4) is 0 Å². The van der Waals surface area contributed by atoms with Crippen LogP contribution in [0.5, 0.6) is 0 Å². The first-order valence-electron chi connectivity index (χ1n) is 10.8. The lowest BCUT2D eigenvalue weighted by Gasteiger charge is -2.18. The zero-order valence-electron chi connectivity index (χ0n) is 17.1. The van der Waals surface area contributed by atoms with Gasteiger partial charge in [-0.05, 0) is 26.7 Å². The second kappa shape index (κ2) is 17.3. The highest BCUT2D eigenvalue weighted by atomic mass is 16.5. The Labute approximate surface area is 152 Å². The van der Waals surface area contributed by atoms with Crippen molar-refractivity contribution in [2.75, 3.05) is 0 Å². The Hall–Kier alpha value is -0.530. The van der Waals surface area contributed by atoms with Gasteiger partial charge in [0.05, 0.1) is 12.0 Å². The molecule has 0 radical (unpaired) electrons. The summed E-state index contributed by atoms with van der Waals surface area (Å²) in [7, 11) is 0. The molecule has 24 heavy (non-hydrogen) atoms. The van der Waals surface area contributed by atoms with E-state index in [9.17, 15) is 4.79 Å². The lowest BCUT2D eigenvalue weighted by Crippen LogP contribution is -2.21. The van der Waals surface area contributed by atoms with Gasteiger partial charge < -0.3 is 4.74 Å². The fourth-order valence-electron chi connectivity index (χ4n) is 3.23. The molecule has 0 aromatic carbocycles. The molecule has 0 amide bonds. The fraction of sp³-hybridized carbons (Fsp3) is 0.955. The number of unbranched alkanes of at least 4 members (excludes halogenated alkanes) is 11. The van der Waals surface area contributed by atoms with Crippen molar-refractivity contribution in [3.63, 3.8) is 0 Å². The van der Waals surface area contributed by atoms with Crippen LogP contribution in [0, 0.1) is 5.92 Å². The van der Waals surface area contributed by atoms with E-state index >= 15 is 0 Å². The monoisotopic (exact) mass is 340 g/mol. The molecular weight excluding hydrogens is 296 g/mol. The first-order chi connectivity index (χ1) is 11.6. The Bertz CT molecular complexity index is 273. The van der Waals surface area contributed by atoms with Gasteiger partial charge in [-0.15, -0.1) is 0 Å². The smallest absolute Gasteiger partial charge is 0.309 e. The van der Waals surface area contributed by atoms with Crippen molar-refractivity contribution in [2.24, 2.45) is 5.92 Å². The molecule has 0 aliphatic rings. The van der Waals surface area contributed by atoms with Crippen molar-refractivity contribution in [3.05, 3.63) is 0 Å². The van der Waals surface area contributed by atoms with E-state index in [1.807, 2.05) is 13.8 Å². The molecule has 0 aromatic heterocycles. The minimum absolute atomic E-state index is 0.0126. The van der Waals surface area contributed by atoms with Crippen molar-refractivity contribution in [1.82, 2.24) is 0 Å². The summed E-state index contributed by atoms with van der Waals surface area (Å²) in [4.78, 5) is 12.3. The summed E-state index contributed by atoms with van der Waals surface area (Å²) >= 11 is 0. The molecule has 2 nitrogen and oxygen atoms in total. The molecular formula is C22H44O2. The van der Waals surface area contributed by atoms with E-state index in [4.69, 9.17) is 4.74 Å². The van der Waals surface area contributed by atoms with E-state index < -0.39 is 0 Å². The third-order valence-corrected chi connectivity index (χ3v) is 4.75. The average Bonchev–Trinajstić information content (AvgIpc) is 2.54. The van der Waals surface area contributed by atoms with Gasteiger partial charge in [-0.3, -0.25) is 4.79 Å². The minimum Gasteiger partial charge on any atom is -0.463 e. The van der Waals surface area contributed by atoms with Crippen LogP contribution in [0.15, 0.2) is 0 Å². The number of hydrogen-bond donors (Lipinski definition) is 0. The molecule has 0 aliphatic carbocycles. The van der Waals surface area contributed by atoms with Gasteiger partial charge in [0.2, 0.25) is 0 Å². The maximum Gasteiger partial charge on any atom is 0.309 e. The highest BCUT2D eigenvalue weighted by Gasteiger charge is 2.20. The lowest BCUT2D eigenvalue weighted by molar-refractivity contribution is -0.153. The van der Waals surface area contributed by atoms with E-state index in [1.54, 1.807) is 0 Å². The highest BCUT2D eigenvalue weighted by molar-refractivity contribution is 5.72. The van der Waals surface area contributed by atoms with Crippen LogP contribution < -0.4 is 0 Å². The van der Waals surface area contributed by atoms with E-state index in [2.05, 4.69) is 13.8 Å². The maximum atomic E-state index is 12.3. The molecule has 2 heteroatoms. The molecule has 1 atom stereocenters. The fourth-order valence-corrected chi connectivity index (χ4v) is 3.23. The van der Waals surface area contributed by atoms with E-state index in [0.717, 1.165) is 12.8 Å². The normalized spacial score (nSPS) is 12.5. The number of rotatable bonds is 17. The van der Waals surface area contributed by atoms with Gasteiger partial charge in [-0.2, -0.15) is 0 Å². The van der Waals surface area contributed by atoms with E-state index in [-0.39, 0.29) is 18.0 Å². The van der Waals surface area contributed by atoms with Crippen LogP contribution in [0.1, 0.15) is 124 Å². The number of hydrogen-bond acceptors (Lipinski definition) is 2. The number of carbonyl (C=O) groups is 1. The first kappa shape index (κ1) is 23.5. The number of carbonyl (C=O) groups excluding carboxylic acids is 1. The van der Waals surface area contributed by atoms with Gasteiger partial charge in [0, 0.05) is 0 Å². The van der Waals surface area contributed by atoms with Crippen LogP contribution in [-0.4, -0.2) is 12.1 Å². The van der Waals surface area contributed by atoms with Crippen LogP contribution in [0.4, 0.5) is 0 Å². The molecule has 0 saturated heterocycles. The Morgan fingerprint density at radius 2 is 1.04 bits per heavy atom. The van der Waals surface area contributed by atoms with Gasteiger partial charge >= 0.3 is 5.97 Å². The van der Waals surface area contributed by atoms with Crippen molar-refractivity contribution < 1.29 is 9.53 Å². The summed E-state index contributed by atoms with van der Waals surface area (Å²) < 4.78 is 5.48. The van der Waals surface area contributed by atoms with Gasteiger partial charge in [0.25, 0.3) is 0 Å². The highest BCUT2D eigenvalue weighted by Crippen LogP contribution is 2.21. The molecule has 144 valence electrons. The SMILES string of the molecule is CCCCCCCCCC(CCCCCCCC)C(=O)OC(C)C. The Morgan fingerprint density at radius 1 is 0.667 bits per heavy atom. The third-order valence-electron chi connectivity index (χ3n) is 4.75. The van der Waals surface area contributed by atoms with E-state index in [0.29, 0.717) is 0 Å². The van der Waals surface area contributed by atoms with Crippen molar-refractivity contribution in [3.8, 4) is 0 Å². The molecule has 1 unspecified atom stereocenters. The molecule has 0 heterocycles. The zero-order chi connectivity index (χ0) is 18.0. The molecule has 0 fully saturated rings. The van der Waals surface area contributed by atoms with Crippen molar-refractivity contribution in [1.29, 1.82) is 0 Å². The summed E-state index contributed by atoms with van der Waals surface area (Å²) in [5.74, 6) is 0.179. The minimum atomic E-state index is 0.0126. The molecule has 0 aromatic rings. The summed E-state index contributed by atoms with van der Waals surface area (Å²) in [6.07, 6.45) is 19.0. The van der Waals surface area contributed by atoms with Crippen LogP contribution in [-0.2, 0) is 9.53 Å². The van der Waals surface area contributed by atoms with Gasteiger partial charge in [-0.25, -0.2) is 0 Å². The van der Waals surface area contributed by atoms with Gasteiger partial charge in [0.15, 0.2) is 0 Å². The molecule has 0 spiro atoms. The maximum absolute atomic E-state index is 12.3. The quantitative estimate of drug-likeness (QED) is 0.203. The number of ether oxygens (including phenoxy) is 1. The second-order valence-electron chi connectivity index (χ2n) is 7.65. The van der Waals surface area contributed by atoms with Gasteiger partial charge in [0.1, 0.15) is 0 Å². The zero-order valence-corrected chi connectivity index (χ0v) is 17.1. The third kappa shape index (κ3) is 15.0. The predicted octanol–water partition coefficient (Wildman–Crippen LogP) is 7.45. The standard InChI is InChI=1S/C22H44O2/c1-5-7-9-11-13-15-17-19-21(22(23)24-20(3)4)18-16-14-12-10-8-6-2/h20-21H,5-19H2,1-4H3. The Balaban J connectivity index is 3.94. The van der Waals surface area contributed by atoms with Crippen molar-refractivity contribution in [2.45, 2.75) is 130 Å². The van der Waals surface area contributed by atoms with Crippen LogP contribution >= 0.6 is 0 Å². The van der Waals surface area contributed by atoms with Gasteiger partial charge in [-0.1, -0.05) is 97.3 Å². The average molecular weight is 341 g/mol. The first-order valence-corrected chi connectivity index (χ1v) is 10.8. The lowest BCUT2D eigenvalue weighted by atomic mass is 9.94. The number of esters is 1. The van der Waals surface area contributed by atoms with Crippen LogP contribution in [0.25, 0.3) is 0 Å². The second-order valence-corrected chi connectivity index (χ2v) is 7.65. The van der Waals surface area contributed by atoms with Crippen LogP contribution in [0.2, 0.25) is 0 Å². The molecule has 0 bridgehead atoms. The largest absolute Gasteiger partial charge is 0.463 e. The molecule has 0 N–H and O–H groups in total. The predicted molar refractivity (Wildman–Crippen MR) is 105 cm³/mol. The summed E-state index contributed by atoms with van der Waals surface area (Å²) in [6.45, 7) is 8.41. The summed E-state index contributed by atoms with van der Waals surface area (Å²) in [5.41, 5.74) is 0. The topological polar surface area (TPSA) is 26.3 Å². The van der Waals surface area contributed by atoms with E-state index in [1.165, 1.54) is 83.5 Å². The summed E-state index contributed by atoms with van der Waals surface area (Å²) in [5, 5.41) is 0.